The Morgan fingerprint density at radius 1 is 1.08 bits per heavy atom. The van der Waals surface area contributed by atoms with Gasteiger partial charge in [-0.2, -0.15) is 0 Å². The Balaban J connectivity index is 1.81. The van der Waals surface area contributed by atoms with Crippen molar-refractivity contribution in [3.8, 4) is 0 Å². The van der Waals surface area contributed by atoms with Crippen molar-refractivity contribution in [3.63, 3.8) is 0 Å². The zero-order chi connectivity index (χ0) is 17.7. The fourth-order valence-corrected chi connectivity index (χ4v) is 4.94. The molecule has 0 heterocycles. The van der Waals surface area contributed by atoms with Gasteiger partial charge >= 0.3 is 5.97 Å². The average molecular weight is 338 g/mol. The highest BCUT2D eigenvalue weighted by molar-refractivity contribution is 5.76. The van der Waals surface area contributed by atoms with Crippen LogP contribution in [0.25, 0.3) is 0 Å². The van der Waals surface area contributed by atoms with Gasteiger partial charge in [-0.15, -0.1) is 0 Å². The maximum absolute atomic E-state index is 12.1. The highest BCUT2D eigenvalue weighted by Crippen LogP contribution is 2.61. The number of nitrogens with one attached hydrogen (secondary N) is 1. The summed E-state index contributed by atoms with van der Waals surface area (Å²) in [6.07, 6.45) is 9.58. The highest BCUT2D eigenvalue weighted by Gasteiger charge is 2.57. The molecule has 0 aromatic heterocycles. The van der Waals surface area contributed by atoms with Crippen LogP contribution < -0.4 is 5.32 Å². The number of aliphatic carboxylic acids is 1. The van der Waals surface area contributed by atoms with E-state index >= 15 is 0 Å². The van der Waals surface area contributed by atoms with Crippen LogP contribution in [0.15, 0.2) is 0 Å². The normalized spacial score (nSPS) is 30.5. The molecule has 0 spiro atoms. The van der Waals surface area contributed by atoms with E-state index in [0.29, 0.717) is 29.7 Å². The van der Waals surface area contributed by atoms with Crippen LogP contribution in [0.3, 0.4) is 0 Å². The molecule has 0 radical (unpaired) electrons. The third-order valence-electron chi connectivity index (χ3n) is 6.60. The fourth-order valence-electron chi connectivity index (χ4n) is 4.94. The Labute approximate surface area is 146 Å². The SMILES string of the molecule is CCCC(=O)NC1[C@@H](CCCCCCC(=O)O)C[C@@H]2C[C@H]1C2(C)C. The summed E-state index contributed by atoms with van der Waals surface area (Å²) in [7, 11) is 0. The molecule has 2 N–H and O–H groups in total. The summed E-state index contributed by atoms with van der Waals surface area (Å²) in [6, 6.07) is 0.350. The number of rotatable bonds is 10. The predicted octanol–water partition coefficient (Wildman–Crippen LogP) is 4.38. The second-order valence-corrected chi connectivity index (χ2v) is 8.55. The molecule has 0 saturated heterocycles. The molecule has 3 aliphatic rings. The van der Waals surface area contributed by atoms with Gasteiger partial charge in [0, 0.05) is 18.9 Å². The van der Waals surface area contributed by atoms with E-state index in [1.165, 1.54) is 19.3 Å². The number of carbonyl (C=O) groups is 2. The Morgan fingerprint density at radius 2 is 1.79 bits per heavy atom. The number of hydrogen-bond acceptors (Lipinski definition) is 2. The first kappa shape index (κ1) is 19.3. The molecule has 4 heteroatoms. The third-order valence-corrected chi connectivity index (χ3v) is 6.60. The van der Waals surface area contributed by atoms with E-state index in [2.05, 4.69) is 26.1 Å². The molecule has 24 heavy (non-hydrogen) atoms. The number of hydrogen-bond donors (Lipinski definition) is 2. The summed E-state index contributed by atoms with van der Waals surface area (Å²) in [5.74, 6) is 1.59. The van der Waals surface area contributed by atoms with Crippen LogP contribution in [0.4, 0.5) is 0 Å². The van der Waals surface area contributed by atoms with Crippen LogP contribution >= 0.6 is 0 Å². The number of unbranched alkanes of at least 4 members (excludes halogenated alkanes) is 3. The number of amides is 1. The molecule has 4 atom stereocenters. The van der Waals surface area contributed by atoms with Crippen molar-refractivity contribution in [2.75, 3.05) is 0 Å². The molecule has 0 aromatic rings. The van der Waals surface area contributed by atoms with E-state index in [1.807, 2.05) is 0 Å². The summed E-state index contributed by atoms with van der Waals surface area (Å²) in [6.45, 7) is 6.79. The van der Waals surface area contributed by atoms with Gasteiger partial charge in [0.2, 0.25) is 5.91 Å². The molecule has 0 aromatic carbocycles. The molecule has 0 aliphatic heterocycles. The van der Waals surface area contributed by atoms with E-state index in [9.17, 15) is 9.59 Å². The Morgan fingerprint density at radius 3 is 2.42 bits per heavy atom. The molecule has 1 unspecified atom stereocenters. The average Bonchev–Trinajstić information content (AvgIpc) is 2.51. The summed E-state index contributed by atoms with van der Waals surface area (Å²) in [4.78, 5) is 22.7. The first-order chi connectivity index (χ1) is 11.4. The topological polar surface area (TPSA) is 66.4 Å². The monoisotopic (exact) mass is 337 g/mol. The lowest BCUT2D eigenvalue weighted by Gasteiger charge is -2.62. The number of carbonyl (C=O) groups excluding carboxylic acids is 1. The number of carboxylic acids is 1. The van der Waals surface area contributed by atoms with Crippen LogP contribution in [0.2, 0.25) is 0 Å². The second kappa shape index (κ2) is 8.35. The molecule has 4 nitrogen and oxygen atoms in total. The van der Waals surface area contributed by atoms with Crippen molar-refractivity contribution >= 4 is 11.9 Å². The van der Waals surface area contributed by atoms with Gasteiger partial charge in [-0.25, -0.2) is 0 Å². The van der Waals surface area contributed by atoms with Crippen LogP contribution in [-0.4, -0.2) is 23.0 Å². The number of fused-ring (bicyclic) bond motifs is 2. The lowest BCUT2D eigenvalue weighted by atomic mass is 9.44. The second-order valence-electron chi connectivity index (χ2n) is 8.55. The van der Waals surface area contributed by atoms with E-state index < -0.39 is 5.97 Å². The van der Waals surface area contributed by atoms with E-state index in [1.54, 1.807) is 0 Å². The minimum atomic E-state index is -0.691. The Kier molecular flexibility index (Phi) is 6.70. The van der Waals surface area contributed by atoms with E-state index in [0.717, 1.165) is 38.0 Å². The van der Waals surface area contributed by atoms with Gasteiger partial charge in [-0.1, -0.05) is 40.0 Å². The summed E-state index contributed by atoms with van der Waals surface area (Å²) < 4.78 is 0. The summed E-state index contributed by atoms with van der Waals surface area (Å²) >= 11 is 0. The molecule has 3 saturated carbocycles. The van der Waals surface area contributed by atoms with Gasteiger partial charge < -0.3 is 10.4 Å². The smallest absolute Gasteiger partial charge is 0.303 e. The first-order valence-corrected chi connectivity index (χ1v) is 9.87. The molecule has 1 amide bonds. The molecule has 3 rings (SSSR count). The molecule has 3 aliphatic carbocycles. The maximum atomic E-state index is 12.1. The fraction of sp³-hybridized carbons (Fsp3) is 0.900. The van der Waals surface area contributed by atoms with E-state index in [4.69, 9.17) is 5.11 Å². The maximum Gasteiger partial charge on any atom is 0.303 e. The zero-order valence-electron chi connectivity index (χ0n) is 15.6. The van der Waals surface area contributed by atoms with Crippen molar-refractivity contribution in [3.05, 3.63) is 0 Å². The Hall–Kier alpha value is -1.06. The number of carboxylic acid groups (broad SMARTS) is 1. The van der Waals surface area contributed by atoms with Crippen molar-refractivity contribution in [2.24, 2.45) is 23.2 Å². The van der Waals surface area contributed by atoms with E-state index in [-0.39, 0.29) is 12.3 Å². The Bertz CT molecular complexity index is 446. The minimum Gasteiger partial charge on any atom is -0.481 e. The molecule has 3 fully saturated rings. The standard InChI is InChI=1S/C20H35NO3/c1-4-9-17(22)21-19-14(10-7-5-6-8-11-18(23)24)12-15-13-16(19)20(15,2)3/h14-16,19H,4-13H2,1-3H3,(H,21,22)(H,23,24)/t14-,15+,16+,19?/m0/s1. The van der Waals surface area contributed by atoms with Crippen molar-refractivity contribution in [1.29, 1.82) is 0 Å². The lowest BCUT2D eigenvalue weighted by molar-refractivity contribution is -0.137. The van der Waals surface area contributed by atoms with Crippen molar-refractivity contribution < 1.29 is 14.7 Å². The highest BCUT2D eigenvalue weighted by atomic mass is 16.4. The van der Waals surface area contributed by atoms with Gasteiger partial charge in [0.05, 0.1) is 0 Å². The largest absolute Gasteiger partial charge is 0.481 e. The first-order valence-electron chi connectivity index (χ1n) is 9.87. The lowest BCUT2D eigenvalue weighted by Crippen LogP contribution is -2.63. The molecular formula is C20H35NO3. The quantitative estimate of drug-likeness (QED) is 0.581. The van der Waals surface area contributed by atoms with Crippen LogP contribution in [-0.2, 0) is 9.59 Å². The van der Waals surface area contributed by atoms with Gasteiger partial charge in [0.15, 0.2) is 0 Å². The zero-order valence-corrected chi connectivity index (χ0v) is 15.6. The van der Waals surface area contributed by atoms with Gasteiger partial charge in [-0.05, 0) is 55.3 Å². The van der Waals surface area contributed by atoms with Gasteiger partial charge in [0.1, 0.15) is 0 Å². The predicted molar refractivity (Wildman–Crippen MR) is 95.7 cm³/mol. The van der Waals surface area contributed by atoms with Crippen molar-refractivity contribution in [2.45, 2.75) is 91.0 Å². The molecule has 138 valence electrons. The van der Waals surface area contributed by atoms with Gasteiger partial charge in [0.25, 0.3) is 0 Å². The van der Waals surface area contributed by atoms with Crippen LogP contribution in [0.5, 0.6) is 0 Å². The summed E-state index contributed by atoms with van der Waals surface area (Å²) in [5, 5.41) is 12.0. The van der Waals surface area contributed by atoms with Gasteiger partial charge in [-0.3, -0.25) is 9.59 Å². The minimum absolute atomic E-state index is 0.218. The van der Waals surface area contributed by atoms with Crippen molar-refractivity contribution in [1.82, 2.24) is 5.32 Å². The third kappa shape index (κ3) is 4.52. The van der Waals surface area contributed by atoms with Crippen LogP contribution in [0.1, 0.15) is 85.0 Å². The summed E-state index contributed by atoms with van der Waals surface area (Å²) in [5.41, 5.74) is 0.377. The van der Waals surface area contributed by atoms with Crippen LogP contribution in [0, 0.1) is 23.2 Å². The molecule has 2 bridgehead atoms. The molecular weight excluding hydrogens is 302 g/mol.